The highest BCUT2D eigenvalue weighted by Gasteiger charge is 2.37. The fourth-order valence-electron chi connectivity index (χ4n) is 2.98. The molecule has 4 rings (SSSR count). The molecule has 0 atom stereocenters. The molecule has 0 saturated carbocycles. The number of nitrogens with two attached hydrogens (primary N) is 1. The number of nitrogen functional groups attached to an aromatic ring is 1. The highest BCUT2D eigenvalue weighted by atomic mass is 35.5. The van der Waals surface area contributed by atoms with Gasteiger partial charge in [0.15, 0.2) is 5.82 Å². The van der Waals surface area contributed by atoms with Crippen molar-refractivity contribution in [3.8, 4) is 0 Å². The third-order valence-electron chi connectivity index (χ3n) is 4.20. The number of halogens is 1. The zero-order valence-corrected chi connectivity index (χ0v) is 15.3. The summed E-state index contributed by atoms with van der Waals surface area (Å²) in [5.41, 5.74) is 7.44. The van der Waals surface area contributed by atoms with Crippen LogP contribution in [0.2, 0.25) is 5.15 Å². The van der Waals surface area contributed by atoms with Gasteiger partial charge >= 0.3 is 5.97 Å². The van der Waals surface area contributed by atoms with Crippen LogP contribution in [-0.2, 0) is 18.4 Å². The summed E-state index contributed by atoms with van der Waals surface area (Å²) >= 11 is 6.25. The summed E-state index contributed by atoms with van der Waals surface area (Å²) in [4.78, 5) is 36.5. The molecule has 0 saturated heterocycles. The lowest BCUT2D eigenvalue weighted by Gasteiger charge is -2.14. The first-order valence-electron chi connectivity index (χ1n) is 8.10. The Morgan fingerprint density at radius 2 is 2.21 bits per heavy atom. The Morgan fingerprint density at radius 1 is 1.43 bits per heavy atom. The van der Waals surface area contributed by atoms with Crippen LogP contribution >= 0.6 is 11.6 Å². The summed E-state index contributed by atoms with van der Waals surface area (Å²) in [5.74, 6) is -1.22. The number of aromatic amines is 1. The molecule has 0 aromatic carbocycles. The smallest absolute Gasteiger partial charge is 0.337 e. The standard InChI is InChI=1S/C17H14ClN7O3/c1-24-3-2-9(23-24)7-25-14-12(13(18)21-17(19)22-14)11(15(25)26)5-10-4-8(6-20-10)16(27)28/h2-6,20H,7H2,1H3,(H,27,28)(H2,19,21,22)/b11-5-. The molecule has 0 fully saturated rings. The van der Waals surface area contributed by atoms with Crippen molar-refractivity contribution in [2.24, 2.45) is 7.05 Å². The molecule has 1 aliphatic rings. The molecule has 3 aromatic rings. The van der Waals surface area contributed by atoms with Crippen molar-refractivity contribution in [2.75, 3.05) is 10.6 Å². The Bertz CT molecular complexity index is 1150. The van der Waals surface area contributed by atoms with Crippen molar-refractivity contribution in [3.63, 3.8) is 0 Å². The maximum atomic E-state index is 13.1. The lowest BCUT2D eigenvalue weighted by Crippen LogP contribution is -2.26. The number of nitrogens with zero attached hydrogens (tertiary/aromatic N) is 5. The van der Waals surface area contributed by atoms with Crippen LogP contribution in [0.3, 0.4) is 0 Å². The van der Waals surface area contributed by atoms with E-state index in [2.05, 4.69) is 20.1 Å². The van der Waals surface area contributed by atoms with Crippen molar-refractivity contribution in [3.05, 3.63) is 52.2 Å². The van der Waals surface area contributed by atoms with Gasteiger partial charge in [0, 0.05) is 25.1 Å². The molecule has 0 bridgehead atoms. The Labute approximate surface area is 163 Å². The van der Waals surface area contributed by atoms with Gasteiger partial charge in [-0.05, 0) is 18.2 Å². The second-order valence-corrected chi connectivity index (χ2v) is 6.51. The van der Waals surface area contributed by atoms with Crippen molar-refractivity contribution >= 4 is 46.9 Å². The number of anilines is 2. The van der Waals surface area contributed by atoms with Crippen LogP contribution in [0.5, 0.6) is 0 Å². The molecule has 1 aliphatic heterocycles. The Kier molecular flexibility index (Phi) is 4.12. The highest BCUT2D eigenvalue weighted by Crippen LogP contribution is 2.41. The number of aryl methyl sites for hydroxylation is 1. The number of carboxylic acid groups (broad SMARTS) is 1. The normalized spacial score (nSPS) is 14.7. The molecule has 10 nitrogen and oxygen atoms in total. The molecular weight excluding hydrogens is 386 g/mol. The van der Waals surface area contributed by atoms with Crippen molar-refractivity contribution in [2.45, 2.75) is 6.54 Å². The van der Waals surface area contributed by atoms with Crippen LogP contribution in [-0.4, -0.2) is 41.7 Å². The number of rotatable bonds is 4. The summed E-state index contributed by atoms with van der Waals surface area (Å²) in [7, 11) is 1.77. The number of hydrogen-bond donors (Lipinski definition) is 3. The Balaban J connectivity index is 1.81. The van der Waals surface area contributed by atoms with Gasteiger partial charge in [0.05, 0.1) is 28.9 Å². The van der Waals surface area contributed by atoms with Crippen LogP contribution in [0.15, 0.2) is 24.5 Å². The molecular formula is C17H14ClN7O3. The Morgan fingerprint density at radius 3 is 2.86 bits per heavy atom. The van der Waals surface area contributed by atoms with Crippen molar-refractivity contribution < 1.29 is 14.7 Å². The quantitative estimate of drug-likeness (QED) is 0.446. The van der Waals surface area contributed by atoms with E-state index in [4.69, 9.17) is 22.4 Å². The minimum absolute atomic E-state index is 0.0376. The average molecular weight is 400 g/mol. The molecule has 0 aliphatic carbocycles. The molecule has 0 spiro atoms. The first kappa shape index (κ1) is 17.7. The number of carboxylic acids is 1. The summed E-state index contributed by atoms with van der Waals surface area (Å²) < 4.78 is 1.63. The van der Waals surface area contributed by atoms with Gasteiger partial charge in [-0.3, -0.25) is 14.4 Å². The van der Waals surface area contributed by atoms with Gasteiger partial charge in [-0.15, -0.1) is 0 Å². The van der Waals surface area contributed by atoms with Crippen LogP contribution < -0.4 is 10.6 Å². The van der Waals surface area contributed by atoms with Gasteiger partial charge in [-0.2, -0.15) is 10.1 Å². The van der Waals surface area contributed by atoms with Crippen LogP contribution in [0.25, 0.3) is 11.6 Å². The minimum Gasteiger partial charge on any atom is -0.478 e. The third kappa shape index (κ3) is 2.99. The average Bonchev–Trinajstić information content (AvgIpc) is 3.31. The largest absolute Gasteiger partial charge is 0.478 e. The maximum absolute atomic E-state index is 13.1. The van der Waals surface area contributed by atoms with Crippen LogP contribution in [0.1, 0.15) is 27.3 Å². The number of amides is 1. The minimum atomic E-state index is -1.08. The molecule has 4 N–H and O–H groups in total. The fraction of sp³-hybridized carbons (Fsp3) is 0.118. The number of H-pyrrole nitrogens is 1. The van der Waals surface area contributed by atoms with Gasteiger partial charge in [0.1, 0.15) is 5.15 Å². The van der Waals surface area contributed by atoms with E-state index in [0.717, 1.165) is 0 Å². The number of carbonyl (C=O) groups excluding carboxylic acids is 1. The van der Waals surface area contributed by atoms with Gasteiger partial charge in [0.2, 0.25) is 5.95 Å². The number of fused-ring (bicyclic) bond motifs is 1. The van der Waals surface area contributed by atoms with Gasteiger partial charge in [0.25, 0.3) is 5.91 Å². The zero-order valence-electron chi connectivity index (χ0n) is 14.5. The molecule has 0 radical (unpaired) electrons. The van der Waals surface area contributed by atoms with E-state index in [-0.39, 0.29) is 40.5 Å². The van der Waals surface area contributed by atoms with E-state index in [1.165, 1.54) is 23.2 Å². The summed E-state index contributed by atoms with van der Waals surface area (Å²) in [6, 6.07) is 3.20. The predicted octanol–water partition coefficient (Wildman–Crippen LogP) is 1.56. The SMILES string of the molecule is Cn1ccc(CN2C(=O)/C(=C\c3cc(C(=O)O)c[nH]3)c3c(Cl)nc(N)nc32)n1. The number of nitrogens with one attached hydrogen (secondary N) is 1. The molecule has 1 amide bonds. The number of carbonyl (C=O) groups is 2. The molecule has 3 aromatic heterocycles. The first-order valence-corrected chi connectivity index (χ1v) is 8.48. The van der Waals surface area contributed by atoms with Gasteiger partial charge in [-0.25, -0.2) is 9.78 Å². The van der Waals surface area contributed by atoms with Gasteiger partial charge in [-0.1, -0.05) is 11.6 Å². The van der Waals surface area contributed by atoms with E-state index in [0.29, 0.717) is 17.0 Å². The first-order chi connectivity index (χ1) is 13.3. The second kappa shape index (κ2) is 6.50. The predicted molar refractivity (Wildman–Crippen MR) is 101 cm³/mol. The van der Waals surface area contributed by atoms with E-state index in [1.54, 1.807) is 24.0 Å². The number of aromatic carboxylic acids is 1. The van der Waals surface area contributed by atoms with Crippen LogP contribution in [0, 0.1) is 0 Å². The Hall–Kier alpha value is -3.66. The van der Waals surface area contributed by atoms with Crippen molar-refractivity contribution in [1.29, 1.82) is 0 Å². The van der Waals surface area contributed by atoms with Crippen LogP contribution in [0.4, 0.5) is 11.8 Å². The fourth-order valence-corrected chi connectivity index (χ4v) is 3.25. The van der Waals surface area contributed by atoms with E-state index in [9.17, 15) is 9.59 Å². The lowest BCUT2D eigenvalue weighted by molar-refractivity contribution is -0.113. The third-order valence-corrected chi connectivity index (χ3v) is 4.48. The lowest BCUT2D eigenvalue weighted by atomic mass is 10.1. The van der Waals surface area contributed by atoms with Crippen molar-refractivity contribution in [1.82, 2.24) is 24.7 Å². The summed E-state index contributed by atoms with van der Waals surface area (Å²) in [5, 5.41) is 13.4. The monoisotopic (exact) mass is 399 g/mol. The molecule has 142 valence electrons. The van der Waals surface area contributed by atoms with E-state index in [1.807, 2.05) is 0 Å². The highest BCUT2D eigenvalue weighted by molar-refractivity contribution is 6.41. The van der Waals surface area contributed by atoms with Gasteiger partial charge < -0.3 is 15.8 Å². The zero-order chi connectivity index (χ0) is 20.0. The molecule has 11 heteroatoms. The number of aromatic nitrogens is 5. The van der Waals surface area contributed by atoms with E-state index >= 15 is 0 Å². The summed E-state index contributed by atoms with van der Waals surface area (Å²) in [6.07, 6.45) is 4.61. The maximum Gasteiger partial charge on any atom is 0.337 e. The topological polar surface area (TPSA) is 143 Å². The summed E-state index contributed by atoms with van der Waals surface area (Å²) in [6.45, 7) is 0.169. The molecule has 4 heterocycles. The second-order valence-electron chi connectivity index (χ2n) is 6.15. The molecule has 28 heavy (non-hydrogen) atoms. The molecule has 0 unspecified atom stereocenters. The number of hydrogen-bond acceptors (Lipinski definition) is 6. The van der Waals surface area contributed by atoms with E-state index < -0.39 is 5.97 Å².